The molecule has 1 aliphatic heterocycles. The lowest BCUT2D eigenvalue weighted by Crippen LogP contribution is -2.33. The maximum absolute atomic E-state index is 12.9. The summed E-state index contributed by atoms with van der Waals surface area (Å²) in [5.41, 5.74) is 3.22. The van der Waals surface area contributed by atoms with Gasteiger partial charge in [-0.25, -0.2) is 0 Å². The van der Waals surface area contributed by atoms with Gasteiger partial charge in [-0.3, -0.25) is 4.79 Å². The van der Waals surface area contributed by atoms with E-state index in [2.05, 4.69) is 59.9 Å². The van der Waals surface area contributed by atoms with Crippen molar-refractivity contribution in [1.82, 2.24) is 20.1 Å². The summed E-state index contributed by atoms with van der Waals surface area (Å²) in [6, 6.07) is 14.0. The smallest absolute Gasteiger partial charge is 0.230 e. The van der Waals surface area contributed by atoms with Crippen LogP contribution in [0.1, 0.15) is 44.4 Å². The third kappa shape index (κ3) is 5.55. The minimum Gasteiger partial charge on any atom is -0.486 e. The van der Waals surface area contributed by atoms with Gasteiger partial charge in [0.15, 0.2) is 22.5 Å². The molecular weight excluding hydrogens is 448 g/mol. The molecule has 7 nitrogen and oxygen atoms in total. The number of nitrogens with zero attached hydrogens (tertiary/aromatic N) is 3. The van der Waals surface area contributed by atoms with Crippen molar-refractivity contribution in [3.05, 3.63) is 53.6 Å². The van der Waals surface area contributed by atoms with Crippen LogP contribution in [-0.2, 0) is 11.3 Å². The van der Waals surface area contributed by atoms with E-state index in [0.717, 1.165) is 46.6 Å². The van der Waals surface area contributed by atoms with E-state index in [1.807, 2.05) is 30.3 Å². The van der Waals surface area contributed by atoms with E-state index in [1.165, 1.54) is 17.3 Å². The van der Waals surface area contributed by atoms with Gasteiger partial charge in [-0.05, 0) is 43.0 Å². The molecule has 0 saturated heterocycles. The number of benzene rings is 2. The number of aryl methyl sites for hydroxylation is 1. The Morgan fingerprint density at radius 1 is 1.12 bits per heavy atom. The number of fused-ring (bicyclic) bond motifs is 1. The van der Waals surface area contributed by atoms with Crippen molar-refractivity contribution in [2.24, 2.45) is 5.92 Å². The molecule has 34 heavy (non-hydrogen) atoms. The predicted octanol–water partition coefficient (Wildman–Crippen LogP) is 5.04. The number of nitrogens with one attached hydrogen (secondary N) is 1. The minimum atomic E-state index is -0.125. The number of rotatable bonds is 9. The highest BCUT2D eigenvalue weighted by atomic mass is 32.2. The summed E-state index contributed by atoms with van der Waals surface area (Å²) in [6.07, 6.45) is 0.955. The molecule has 0 fully saturated rings. The van der Waals surface area contributed by atoms with Crippen LogP contribution in [0.4, 0.5) is 0 Å². The van der Waals surface area contributed by atoms with E-state index in [0.29, 0.717) is 13.2 Å². The molecule has 1 atom stereocenters. The standard InChI is InChI=1S/C26H32N4O3S/c1-5-11-30-25(20-8-6-7-18(4)14-20)28-29-26(30)34-16-23(31)27-24(17(2)3)19-9-10-21-22(15-19)33-13-12-32-21/h6-10,14-15,17,24H,5,11-13,16H2,1-4H3,(H,27,31). The van der Waals surface area contributed by atoms with E-state index in [-0.39, 0.29) is 23.6 Å². The van der Waals surface area contributed by atoms with Crippen LogP contribution in [0, 0.1) is 12.8 Å². The van der Waals surface area contributed by atoms with Gasteiger partial charge in [-0.15, -0.1) is 10.2 Å². The fourth-order valence-electron chi connectivity index (χ4n) is 4.05. The second-order valence-electron chi connectivity index (χ2n) is 8.81. The molecule has 1 aromatic heterocycles. The lowest BCUT2D eigenvalue weighted by molar-refractivity contribution is -0.119. The Bertz CT molecular complexity index is 1140. The molecule has 1 unspecified atom stereocenters. The van der Waals surface area contributed by atoms with E-state index < -0.39 is 0 Å². The molecule has 0 saturated carbocycles. The van der Waals surface area contributed by atoms with Gasteiger partial charge in [0.05, 0.1) is 11.8 Å². The molecule has 0 radical (unpaired) electrons. The molecule has 0 aliphatic carbocycles. The monoisotopic (exact) mass is 480 g/mol. The van der Waals surface area contributed by atoms with Crippen LogP contribution in [0.2, 0.25) is 0 Å². The molecule has 2 aromatic carbocycles. The Morgan fingerprint density at radius 3 is 2.65 bits per heavy atom. The van der Waals surface area contributed by atoms with Gasteiger partial charge in [-0.1, -0.05) is 62.4 Å². The number of hydrogen-bond acceptors (Lipinski definition) is 6. The molecule has 4 rings (SSSR count). The van der Waals surface area contributed by atoms with Gasteiger partial charge in [0.25, 0.3) is 0 Å². The van der Waals surface area contributed by atoms with Crippen LogP contribution < -0.4 is 14.8 Å². The Labute approximate surface area is 205 Å². The highest BCUT2D eigenvalue weighted by Gasteiger charge is 2.22. The summed E-state index contributed by atoms with van der Waals surface area (Å²) >= 11 is 1.42. The number of amides is 1. The highest BCUT2D eigenvalue weighted by Crippen LogP contribution is 2.34. The second-order valence-corrected chi connectivity index (χ2v) is 9.75. The Kier molecular flexibility index (Phi) is 7.77. The van der Waals surface area contributed by atoms with Crippen molar-refractivity contribution in [2.45, 2.75) is 51.9 Å². The largest absolute Gasteiger partial charge is 0.486 e. The number of hydrogen-bond donors (Lipinski definition) is 1. The summed E-state index contributed by atoms with van der Waals surface area (Å²) in [6.45, 7) is 10.3. The first-order chi connectivity index (χ1) is 16.5. The summed E-state index contributed by atoms with van der Waals surface area (Å²) in [5, 5.41) is 12.8. The number of aromatic nitrogens is 3. The van der Waals surface area contributed by atoms with E-state index in [1.54, 1.807) is 0 Å². The average Bonchev–Trinajstić information content (AvgIpc) is 3.23. The van der Waals surface area contributed by atoms with Gasteiger partial charge in [0.1, 0.15) is 13.2 Å². The van der Waals surface area contributed by atoms with Gasteiger partial charge in [0.2, 0.25) is 5.91 Å². The Hall–Kier alpha value is -3.00. The fourth-order valence-corrected chi connectivity index (χ4v) is 4.83. The van der Waals surface area contributed by atoms with E-state index in [4.69, 9.17) is 9.47 Å². The predicted molar refractivity (Wildman–Crippen MR) is 134 cm³/mol. The molecule has 3 aromatic rings. The van der Waals surface area contributed by atoms with Crippen LogP contribution >= 0.6 is 11.8 Å². The summed E-state index contributed by atoms with van der Waals surface area (Å²) in [7, 11) is 0. The normalized spacial score (nSPS) is 13.7. The molecule has 0 bridgehead atoms. The molecular formula is C26H32N4O3S. The van der Waals surface area contributed by atoms with Crippen molar-refractivity contribution >= 4 is 17.7 Å². The first kappa shape index (κ1) is 24.1. The summed E-state index contributed by atoms with van der Waals surface area (Å²) in [5.74, 6) is 2.76. The van der Waals surface area contributed by atoms with E-state index >= 15 is 0 Å². The van der Waals surface area contributed by atoms with Gasteiger partial charge < -0.3 is 19.4 Å². The minimum absolute atomic E-state index is 0.0401. The molecule has 0 spiro atoms. The summed E-state index contributed by atoms with van der Waals surface area (Å²) < 4.78 is 13.5. The van der Waals surface area contributed by atoms with Crippen LogP contribution in [0.3, 0.4) is 0 Å². The van der Waals surface area contributed by atoms with E-state index in [9.17, 15) is 4.79 Å². The zero-order chi connectivity index (χ0) is 24.1. The SMILES string of the molecule is CCCn1c(SCC(=O)NC(c2ccc3c(c2)OCCO3)C(C)C)nnc1-c1cccc(C)c1. The lowest BCUT2D eigenvalue weighted by Gasteiger charge is -2.25. The highest BCUT2D eigenvalue weighted by molar-refractivity contribution is 7.99. The van der Waals surface area contributed by atoms with Gasteiger partial charge in [0, 0.05) is 12.1 Å². The van der Waals surface area contributed by atoms with Crippen molar-refractivity contribution in [2.75, 3.05) is 19.0 Å². The third-order valence-corrected chi connectivity index (χ3v) is 6.65. The van der Waals surface area contributed by atoms with Crippen LogP contribution in [0.5, 0.6) is 11.5 Å². The Balaban J connectivity index is 1.45. The Morgan fingerprint density at radius 2 is 1.91 bits per heavy atom. The lowest BCUT2D eigenvalue weighted by atomic mass is 9.95. The maximum Gasteiger partial charge on any atom is 0.230 e. The molecule has 8 heteroatoms. The molecule has 2 heterocycles. The van der Waals surface area contributed by atoms with Crippen molar-refractivity contribution in [1.29, 1.82) is 0 Å². The zero-order valence-electron chi connectivity index (χ0n) is 20.2. The quantitative estimate of drug-likeness (QED) is 0.432. The van der Waals surface area contributed by atoms with Crippen LogP contribution in [0.15, 0.2) is 47.6 Å². The van der Waals surface area contributed by atoms with Gasteiger partial charge >= 0.3 is 0 Å². The third-order valence-electron chi connectivity index (χ3n) is 5.68. The van der Waals surface area contributed by atoms with Gasteiger partial charge in [-0.2, -0.15) is 0 Å². The van der Waals surface area contributed by atoms with Crippen molar-refractivity contribution < 1.29 is 14.3 Å². The fraction of sp³-hybridized carbons (Fsp3) is 0.423. The van der Waals surface area contributed by atoms with Crippen LogP contribution in [-0.4, -0.2) is 39.6 Å². The first-order valence-corrected chi connectivity index (χ1v) is 12.8. The number of ether oxygens (including phenoxy) is 2. The molecule has 1 aliphatic rings. The average molecular weight is 481 g/mol. The molecule has 180 valence electrons. The maximum atomic E-state index is 12.9. The van der Waals surface area contributed by atoms with Crippen LogP contribution in [0.25, 0.3) is 11.4 Å². The zero-order valence-corrected chi connectivity index (χ0v) is 21.0. The second kappa shape index (κ2) is 11.0. The topological polar surface area (TPSA) is 78.3 Å². The van der Waals surface area contributed by atoms with Crippen molar-refractivity contribution in [3.8, 4) is 22.9 Å². The number of carbonyl (C=O) groups excluding carboxylic acids is 1. The molecule has 1 amide bonds. The summed E-state index contributed by atoms with van der Waals surface area (Å²) in [4.78, 5) is 12.9. The van der Waals surface area contributed by atoms with Crippen molar-refractivity contribution in [3.63, 3.8) is 0 Å². The number of thioether (sulfide) groups is 1. The molecule has 1 N–H and O–H groups in total. The number of carbonyl (C=O) groups is 1. The first-order valence-electron chi connectivity index (χ1n) is 11.8.